The van der Waals surface area contributed by atoms with Crippen molar-refractivity contribution >= 4 is 21.6 Å². The molecule has 1 atom stereocenters. The molecule has 1 heterocycles. The summed E-state index contributed by atoms with van der Waals surface area (Å²) in [6.45, 7) is 0.479. The Balaban J connectivity index is 1.89. The summed E-state index contributed by atoms with van der Waals surface area (Å²) in [5, 5.41) is 0. The highest BCUT2D eigenvalue weighted by Crippen LogP contribution is 2.29. The van der Waals surface area contributed by atoms with Crippen molar-refractivity contribution in [2.24, 2.45) is 5.73 Å². The van der Waals surface area contributed by atoms with Gasteiger partial charge < -0.3 is 10.5 Å². The highest BCUT2D eigenvalue weighted by atomic mass is 32.2. The van der Waals surface area contributed by atoms with E-state index in [2.05, 4.69) is 0 Å². The molecule has 1 unspecified atom stereocenters. The van der Waals surface area contributed by atoms with Crippen molar-refractivity contribution in [1.29, 1.82) is 0 Å². The highest BCUT2D eigenvalue weighted by Gasteiger charge is 2.31. The van der Waals surface area contributed by atoms with Gasteiger partial charge in [-0.2, -0.15) is 0 Å². The lowest BCUT2D eigenvalue weighted by atomic mass is 10.0. The van der Waals surface area contributed by atoms with Crippen LogP contribution in [0.1, 0.15) is 0 Å². The zero-order valence-corrected chi connectivity index (χ0v) is 14.3. The van der Waals surface area contributed by atoms with E-state index in [1.54, 1.807) is 24.3 Å². The molecule has 132 valence electrons. The Hall–Kier alpha value is -2.45. The van der Waals surface area contributed by atoms with Crippen molar-refractivity contribution in [2.75, 3.05) is 24.2 Å². The fourth-order valence-electron chi connectivity index (χ4n) is 2.64. The second-order valence-electron chi connectivity index (χ2n) is 5.81. The van der Waals surface area contributed by atoms with Gasteiger partial charge in [0.25, 0.3) is 0 Å². The summed E-state index contributed by atoms with van der Waals surface area (Å²) in [5.41, 5.74) is 6.73. The molecular formula is C17H17FN2O4S. The number of nitrogens with two attached hydrogens (primary N) is 1. The number of hydrogen-bond acceptors (Lipinski definition) is 5. The second kappa shape index (κ2) is 6.45. The van der Waals surface area contributed by atoms with Gasteiger partial charge in [-0.3, -0.25) is 4.90 Å². The number of nitrogens with zero attached hydrogens (tertiary/aromatic N) is 1. The van der Waals surface area contributed by atoms with Gasteiger partial charge in [-0.05, 0) is 35.9 Å². The molecule has 8 heteroatoms. The number of benzene rings is 2. The van der Waals surface area contributed by atoms with Crippen molar-refractivity contribution in [3.05, 3.63) is 48.3 Å². The van der Waals surface area contributed by atoms with Crippen molar-refractivity contribution in [1.82, 2.24) is 0 Å². The number of halogens is 1. The fraction of sp³-hybridized carbons (Fsp3) is 0.235. The smallest absolute Gasteiger partial charge is 0.414 e. The van der Waals surface area contributed by atoms with Crippen LogP contribution in [0.5, 0.6) is 0 Å². The molecule has 3 rings (SSSR count). The molecule has 6 nitrogen and oxygen atoms in total. The van der Waals surface area contributed by atoms with Crippen LogP contribution in [0.2, 0.25) is 0 Å². The molecule has 1 aliphatic rings. The maximum absolute atomic E-state index is 14.5. The first-order valence-corrected chi connectivity index (χ1v) is 9.47. The van der Waals surface area contributed by atoms with Crippen LogP contribution in [0.4, 0.5) is 14.9 Å². The topological polar surface area (TPSA) is 89.7 Å². The molecule has 2 N–H and O–H groups in total. The van der Waals surface area contributed by atoms with Gasteiger partial charge in [0, 0.05) is 18.4 Å². The summed E-state index contributed by atoms with van der Waals surface area (Å²) < 4.78 is 42.5. The predicted octanol–water partition coefficient (Wildman–Crippen LogP) is 2.18. The molecule has 0 spiro atoms. The van der Waals surface area contributed by atoms with E-state index < -0.39 is 27.9 Å². The quantitative estimate of drug-likeness (QED) is 0.898. The molecule has 1 aliphatic heterocycles. The van der Waals surface area contributed by atoms with Crippen molar-refractivity contribution < 1.29 is 22.3 Å². The Kier molecular flexibility index (Phi) is 4.49. The number of carbonyl (C=O) groups is 1. The molecule has 1 saturated heterocycles. The first kappa shape index (κ1) is 17.4. The molecule has 0 radical (unpaired) electrons. The lowest BCUT2D eigenvalue weighted by Crippen LogP contribution is -2.27. The number of cyclic esters (lactones) is 1. The summed E-state index contributed by atoms with van der Waals surface area (Å²) in [4.78, 5) is 13.3. The second-order valence-corrected chi connectivity index (χ2v) is 7.83. The molecule has 0 saturated carbocycles. The highest BCUT2D eigenvalue weighted by molar-refractivity contribution is 7.90. The zero-order valence-electron chi connectivity index (χ0n) is 13.5. The van der Waals surface area contributed by atoms with Crippen molar-refractivity contribution in [3.8, 4) is 11.1 Å². The maximum Gasteiger partial charge on any atom is 0.414 e. The Morgan fingerprint density at radius 3 is 2.44 bits per heavy atom. The minimum atomic E-state index is -3.31. The van der Waals surface area contributed by atoms with E-state index in [1.165, 1.54) is 23.1 Å². The Bertz CT molecular complexity index is 913. The summed E-state index contributed by atoms with van der Waals surface area (Å²) in [6.07, 6.45) is 0.153. The Morgan fingerprint density at radius 1 is 1.24 bits per heavy atom. The zero-order chi connectivity index (χ0) is 18.2. The van der Waals surface area contributed by atoms with Gasteiger partial charge in [0.05, 0.1) is 17.1 Å². The van der Waals surface area contributed by atoms with Crippen molar-refractivity contribution in [3.63, 3.8) is 0 Å². The molecule has 2 aromatic rings. The number of hydrogen-bond donors (Lipinski definition) is 1. The van der Waals surface area contributed by atoms with E-state index >= 15 is 0 Å². The Labute approximate surface area is 144 Å². The molecule has 25 heavy (non-hydrogen) atoms. The van der Waals surface area contributed by atoms with Crippen LogP contribution in [-0.4, -0.2) is 40.0 Å². The maximum atomic E-state index is 14.5. The van der Waals surface area contributed by atoms with Crippen LogP contribution in [-0.2, 0) is 14.6 Å². The number of carbonyl (C=O) groups excluding carboxylic acids is 1. The molecule has 1 fully saturated rings. The van der Waals surface area contributed by atoms with Crippen LogP contribution in [0.3, 0.4) is 0 Å². The summed E-state index contributed by atoms with van der Waals surface area (Å²) >= 11 is 0. The predicted molar refractivity (Wildman–Crippen MR) is 91.6 cm³/mol. The van der Waals surface area contributed by atoms with Gasteiger partial charge in [-0.15, -0.1) is 0 Å². The third-order valence-electron chi connectivity index (χ3n) is 3.99. The number of sulfone groups is 1. The van der Waals surface area contributed by atoms with E-state index in [9.17, 15) is 17.6 Å². The van der Waals surface area contributed by atoms with E-state index in [1.807, 2.05) is 0 Å². The first-order chi connectivity index (χ1) is 11.8. The minimum Gasteiger partial charge on any atom is -0.443 e. The number of anilines is 1. The standard InChI is InChI=1S/C17H17FN2O4S/c1-25(22,23)14-5-2-11(3-6-14)15-7-4-12(8-16(15)18)20-10-13(9-19)24-17(20)21/h2-8,13H,9-10,19H2,1H3. The number of ether oxygens (including phenoxy) is 1. The van der Waals surface area contributed by atoms with E-state index in [0.29, 0.717) is 16.8 Å². The minimum absolute atomic E-state index is 0.168. The Morgan fingerprint density at radius 2 is 1.92 bits per heavy atom. The van der Waals surface area contributed by atoms with E-state index in [-0.39, 0.29) is 18.0 Å². The number of amides is 1. The van der Waals surface area contributed by atoms with Crippen LogP contribution < -0.4 is 10.6 Å². The first-order valence-electron chi connectivity index (χ1n) is 7.58. The van der Waals surface area contributed by atoms with Gasteiger partial charge in [0.15, 0.2) is 9.84 Å². The fourth-order valence-corrected chi connectivity index (χ4v) is 3.27. The van der Waals surface area contributed by atoms with Crippen molar-refractivity contribution in [2.45, 2.75) is 11.0 Å². The summed E-state index contributed by atoms with van der Waals surface area (Å²) in [6, 6.07) is 10.4. The summed E-state index contributed by atoms with van der Waals surface area (Å²) in [5.74, 6) is -0.520. The van der Waals surface area contributed by atoms with Gasteiger partial charge >= 0.3 is 6.09 Å². The average Bonchev–Trinajstić information content (AvgIpc) is 2.95. The van der Waals surface area contributed by atoms with Crippen LogP contribution in [0, 0.1) is 5.82 Å². The van der Waals surface area contributed by atoms with E-state index in [0.717, 1.165) is 6.26 Å². The summed E-state index contributed by atoms with van der Waals surface area (Å²) in [7, 11) is -3.31. The van der Waals surface area contributed by atoms with Gasteiger partial charge in [-0.1, -0.05) is 12.1 Å². The molecule has 0 aromatic heterocycles. The van der Waals surface area contributed by atoms with Gasteiger partial charge in [0.1, 0.15) is 11.9 Å². The van der Waals surface area contributed by atoms with Gasteiger partial charge in [-0.25, -0.2) is 17.6 Å². The van der Waals surface area contributed by atoms with Crippen LogP contribution >= 0.6 is 0 Å². The monoisotopic (exact) mass is 364 g/mol. The van der Waals surface area contributed by atoms with E-state index in [4.69, 9.17) is 10.5 Å². The third-order valence-corrected chi connectivity index (χ3v) is 5.12. The van der Waals surface area contributed by atoms with Crippen LogP contribution in [0.25, 0.3) is 11.1 Å². The third kappa shape index (κ3) is 3.49. The number of rotatable bonds is 4. The van der Waals surface area contributed by atoms with Crippen LogP contribution in [0.15, 0.2) is 47.4 Å². The lowest BCUT2D eigenvalue weighted by Gasteiger charge is -2.14. The normalized spacial score (nSPS) is 17.6. The molecule has 2 aromatic carbocycles. The SMILES string of the molecule is CS(=O)(=O)c1ccc(-c2ccc(N3CC(CN)OC3=O)cc2F)cc1. The van der Waals surface area contributed by atoms with Gasteiger partial charge in [0.2, 0.25) is 0 Å². The molecule has 1 amide bonds. The molecule has 0 aliphatic carbocycles. The largest absolute Gasteiger partial charge is 0.443 e. The lowest BCUT2D eigenvalue weighted by molar-refractivity contribution is 0.145. The average molecular weight is 364 g/mol. The molecular weight excluding hydrogens is 347 g/mol. The molecule has 0 bridgehead atoms.